The number of alkyl halides is 2. The van der Waals surface area contributed by atoms with Gasteiger partial charge in [0, 0.05) is 24.8 Å². The van der Waals surface area contributed by atoms with Crippen molar-refractivity contribution in [2.24, 2.45) is 4.99 Å². The fourth-order valence-corrected chi connectivity index (χ4v) is 4.22. The van der Waals surface area contributed by atoms with Crippen molar-refractivity contribution in [3.63, 3.8) is 0 Å². The van der Waals surface area contributed by atoms with Crippen LogP contribution in [0.2, 0.25) is 0 Å². The highest BCUT2D eigenvalue weighted by Gasteiger charge is 2.27. The van der Waals surface area contributed by atoms with Gasteiger partial charge < -0.3 is 30.9 Å². The molecular formula is C26H25F2N7O5. The first-order valence-corrected chi connectivity index (χ1v) is 12.4. The summed E-state index contributed by atoms with van der Waals surface area (Å²) in [5.74, 6) is -2.64. The molecule has 1 fully saturated rings. The van der Waals surface area contributed by atoms with Crippen molar-refractivity contribution in [1.29, 1.82) is 0 Å². The monoisotopic (exact) mass is 553 g/mol. The molecule has 0 bridgehead atoms. The predicted molar refractivity (Wildman–Crippen MR) is 139 cm³/mol. The van der Waals surface area contributed by atoms with Crippen molar-refractivity contribution in [3.8, 4) is 23.1 Å². The summed E-state index contributed by atoms with van der Waals surface area (Å²) in [6, 6.07) is 6.32. The Morgan fingerprint density at radius 2 is 1.90 bits per heavy atom. The van der Waals surface area contributed by atoms with E-state index >= 15 is 0 Å². The van der Waals surface area contributed by atoms with E-state index in [1.807, 2.05) is 0 Å². The maximum atomic E-state index is 13.5. The van der Waals surface area contributed by atoms with Gasteiger partial charge in [-0.05, 0) is 49.6 Å². The summed E-state index contributed by atoms with van der Waals surface area (Å²) in [6.07, 6.45) is 3.80. The van der Waals surface area contributed by atoms with Gasteiger partial charge in [0.2, 0.25) is 0 Å². The quantitative estimate of drug-likeness (QED) is 0.210. The van der Waals surface area contributed by atoms with Crippen LogP contribution in [-0.2, 0) is 6.54 Å². The smallest absolute Gasteiger partial charge is 0.280 e. The number of nitrogens with one attached hydrogen (secondary N) is 2. The Kier molecular flexibility index (Phi) is 7.31. The first-order valence-electron chi connectivity index (χ1n) is 12.4. The average molecular weight is 554 g/mol. The molecule has 1 aliphatic carbocycles. The van der Waals surface area contributed by atoms with Crippen LogP contribution in [0, 0.1) is 0 Å². The number of benzene rings is 1. The summed E-state index contributed by atoms with van der Waals surface area (Å²) >= 11 is 0. The number of rotatable bonds is 8. The second-order valence-electron chi connectivity index (χ2n) is 9.33. The van der Waals surface area contributed by atoms with E-state index in [1.54, 1.807) is 4.90 Å². The standard InChI is InChI=1S/C26H25F2N7O5/c27-23(28)18-6-8-34(13-30-18)12-15-9-19(35(33-15)24-20(37)5-2-7-29-24)26(40)32-22-17(10-16(36)11-21(22)38)25(39)31-14-3-1-4-14/h2,5-7,9-11,13-14,23,36-38H,1,3-4,8,12H2,(H,31,39)(H,32,40). The zero-order chi connectivity index (χ0) is 28.4. The van der Waals surface area contributed by atoms with Crippen LogP contribution in [0.4, 0.5) is 14.5 Å². The van der Waals surface area contributed by atoms with E-state index in [2.05, 4.69) is 25.7 Å². The van der Waals surface area contributed by atoms with Gasteiger partial charge in [-0.2, -0.15) is 5.10 Å². The molecular weight excluding hydrogens is 528 g/mol. The molecule has 0 spiro atoms. The molecule has 3 aromatic rings. The van der Waals surface area contributed by atoms with Crippen molar-refractivity contribution in [2.75, 3.05) is 11.9 Å². The number of hydrogen-bond donors (Lipinski definition) is 5. The predicted octanol–water partition coefficient (Wildman–Crippen LogP) is 2.91. The first kappa shape index (κ1) is 26.6. The molecule has 0 saturated heterocycles. The third kappa shape index (κ3) is 5.55. The van der Waals surface area contributed by atoms with Crippen LogP contribution in [-0.4, -0.2) is 72.1 Å². The summed E-state index contributed by atoms with van der Waals surface area (Å²) in [5.41, 5.74) is -0.512. The van der Waals surface area contributed by atoms with Crippen molar-refractivity contribution in [2.45, 2.75) is 38.3 Å². The minimum absolute atomic E-state index is 0.0402. The lowest BCUT2D eigenvalue weighted by molar-refractivity contribution is 0.0917. The van der Waals surface area contributed by atoms with Gasteiger partial charge in [0.05, 0.1) is 29.8 Å². The number of phenols is 2. The number of pyridine rings is 1. The number of anilines is 1. The molecule has 3 heterocycles. The van der Waals surface area contributed by atoms with Crippen LogP contribution in [0.25, 0.3) is 5.82 Å². The number of aromatic nitrogens is 3. The second kappa shape index (κ2) is 11.0. The van der Waals surface area contributed by atoms with Crippen LogP contribution in [0.3, 0.4) is 0 Å². The molecule has 208 valence electrons. The summed E-state index contributed by atoms with van der Waals surface area (Å²) in [5, 5.41) is 40.6. The molecule has 0 atom stereocenters. The summed E-state index contributed by atoms with van der Waals surface area (Å²) in [7, 11) is 0. The number of halogens is 2. The van der Waals surface area contributed by atoms with Crippen LogP contribution in [0.15, 0.2) is 53.3 Å². The minimum Gasteiger partial charge on any atom is -0.508 e. The van der Waals surface area contributed by atoms with Crippen molar-refractivity contribution >= 4 is 23.8 Å². The van der Waals surface area contributed by atoms with E-state index in [9.17, 15) is 33.7 Å². The summed E-state index contributed by atoms with van der Waals surface area (Å²) in [4.78, 5) is 35.9. The van der Waals surface area contributed by atoms with Crippen molar-refractivity contribution in [3.05, 3.63) is 65.3 Å². The number of phenolic OH excluding ortho intramolecular Hbond substituents is 2. The number of aromatic hydroxyl groups is 3. The van der Waals surface area contributed by atoms with Crippen LogP contribution < -0.4 is 10.6 Å². The van der Waals surface area contributed by atoms with Gasteiger partial charge in [-0.3, -0.25) is 9.59 Å². The van der Waals surface area contributed by atoms with Gasteiger partial charge in [-0.15, -0.1) is 0 Å². The van der Waals surface area contributed by atoms with Crippen LogP contribution in [0.1, 0.15) is 45.8 Å². The molecule has 1 aromatic carbocycles. The molecule has 5 N–H and O–H groups in total. The van der Waals surface area contributed by atoms with E-state index < -0.39 is 24.0 Å². The van der Waals surface area contributed by atoms with Gasteiger partial charge in [0.15, 0.2) is 11.6 Å². The Morgan fingerprint density at radius 3 is 2.55 bits per heavy atom. The molecule has 5 rings (SSSR count). The lowest BCUT2D eigenvalue weighted by atomic mass is 9.93. The number of hydrogen-bond acceptors (Lipinski definition) is 9. The van der Waals surface area contributed by atoms with Gasteiger partial charge in [0.25, 0.3) is 18.2 Å². The van der Waals surface area contributed by atoms with Gasteiger partial charge in [0.1, 0.15) is 22.9 Å². The summed E-state index contributed by atoms with van der Waals surface area (Å²) in [6.45, 7) is 0.212. The van der Waals surface area contributed by atoms with Gasteiger partial charge in [-0.25, -0.2) is 23.4 Å². The van der Waals surface area contributed by atoms with E-state index in [-0.39, 0.29) is 59.1 Å². The summed E-state index contributed by atoms with van der Waals surface area (Å²) < 4.78 is 26.9. The topological polar surface area (TPSA) is 165 Å². The third-order valence-electron chi connectivity index (χ3n) is 6.48. The zero-order valence-electron chi connectivity index (χ0n) is 21.0. The van der Waals surface area contributed by atoms with E-state index in [0.29, 0.717) is 5.69 Å². The molecule has 2 aromatic heterocycles. The van der Waals surface area contributed by atoms with Crippen molar-refractivity contribution < 1.29 is 33.7 Å². The molecule has 40 heavy (non-hydrogen) atoms. The van der Waals surface area contributed by atoms with E-state index in [0.717, 1.165) is 36.1 Å². The van der Waals surface area contributed by atoms with Gasteiger partial charge >= 0.3 is 0 Å². The maximum Gasteiger partial charge on any atom is 0.280 e. The number of aliphatic imine (C=N–C) groups is 1. The van der Waals surface area contributed by atoms with Gasteiger partial charge in [-0.1, -0.05) is 0 Å². The SMILES string of the molecule is O=C(NC1CCC1)c1cc(O)cc(O)c1NC(=O)c1cc(CN2C=NC(C(F)F)=CC2)nn1-c1ncccc1O. The average Bonchev–Trinajstić information content (AvgIpc) is 3.31. The zero-order valence-corrected chi connectivity index (χ0v) is 21.0. The fourth-order valence-electron chi connectivity index (χ4n) is 4.22. The molecule has 1 aliphatic heterocycles. The fraction of sp³-hybridized carbons (Fsp3) is 0.269. The van der Waals surface area contributed by atoms with Crippen molar-refractivity contribution in [1.82, 2.24) is 25.0 Å². The Hall–Kier alpha value is -5.01. The lowest BCUT2D eigenvalue weighted by Gasteiger charge is -2.27. The number of nitrogens with zero attached hydrogens (tertiary/aromatic N) is 5. The highest BCUT2D eigenvalue weighted by atomic mass is 19.3. The Balaban J connectivity index is 1.46. The minimum atomic E-state index is -2.70. The van der Waals surface area contributed by atoms with Crippen LogP contribution >= 0.6 is 0 Å². The Labute approximate surface area is 226 Å². The first-order chi connectivity index (χ1) is 19.2. The highest BCUT2D eigenvalue weighted by Crippen LogP contribution is 2.34. The van der Waals surface area contributed by atoms with E-state index in [4.69, 9.17) is 0 Å². The maximum absolute atomic E-state index is 13.5. The largest absolute Gasteiger partial charge is 0.508 e. The van der Waals surface area contributed by atoms with E-state index in [1.165, 1.54) is 36.8 Å². The normalized spacial score (nSPS) is 15.1. The number of allylic oxidation sites excluding steroid dienone is 1. The number of carbonyl (C=O) groups excluding carboxylic acids is 2. The highest BCUT2D eigenvalue weighted by molar-refractivity contribution is 6.10. The Bertz CT molecular complexity index is 1520. The second-order valence-corrected chi connectivity index (χ2v) is 9.33. The Morgan fingerprint density at radius 1 is 1.10 bits per heavy atom. The molecule has 0 unspecified atom stereocenters. The molecule has 0 radical (unpaired) electrons. The molecule has 14 heteroatoms. The van der Waals surface area contributed by atoms with Crippen LogP contribution in [0.5, 0.6) is 17.2 Å². The molecule has 1 saturated carbocycles. The number of carbonyl (C=O) groups is 2. The molecule has 2 aliphatic rings. The molecule has 12 nitrogen and oxygen atoms in total. The third-order valence-corrected chi connectivity index (χ3v) is 6.48. The number of amides is 2. The lowest BCUT2D eigenvalue weighted by Crippen LogP contribution is -2.39. The molecule has 2 amide bonds.